The monoisotopic (exact) mass is 319 g/mol. The summed E-state index contributed by atoms with van der Waals surface area (Å²) in [6.45, 7) is 0.735. The van der Waals surface area contributed by atoms with Crippen LogP contribution in [0.3, 0.4) is 0 Å². The van der Waals surface area contributed by atoms with Crippen molar-refractivity contribution in [3.63, 3.8) is 0 Å². The first-order valence-electron chi connectivity index (χ1n) is 7.51. The molecule has 0 amide bonds. The van der Waals surface area contributed by atoms with Gasteiger partial charge in [0.1, 0.15) is 17.8 Å². The number of aliphatic hydroxyl groups excluding tert-OH is 1. The van der Waals surface area contributed by atoms with Gasteiger partial charge in [0, 0.05) is 18.7 Å². The molecule has 1 atom stereocenters. The second kappa shape index (κ2) is 6.52. The highest BCUT2D eigenvalue weighted by Crippen LogP contribution is 2.30. The van der Waals surface area contributed by atoms with E-state index in [2.05, 4.69) is 0 Å². The minimum absolute atomic E-state index is 0.337. The van der Waals surface area contributed by atoms with Crippen molar-refractivity contribution in [2.24, 2.45) is 0 Å². The van der Waals surface area contributed by atoms with Gasteiger partial charge in [0.25, 0.3) is 0 Å². The van der Waals surface area contributed by atoms with E-state index >= 15 is 0 Å². The summed E-state index contributed by atoms with van der Waals surface area (Å²) in [5, 5.41) is 19.6. The van der Waals surface area contributed by atoms with Crippen LogP contribution in [-0.2, 0) is 6.54 Å². The second-order valence-corrected chi connectivity index (χ2v) is 5.82. The van der Waals surface area contributed by atoms with Crippen LogP contribution < -0.4 is 5.43 Å². The average Bonchev–Trinajstić information content (AvgIpc) is 3.35. The number of hydrogen-bond acceptors (Lipinski definition) is 5. The molecule has 1 aliphatic carbocycles. The van der Waals surface area contributed by atoms with Gasteiger partial charge in [-0.15, -0.1) is 0 Å². The maximum atomic E-state index is 13.0. The van der Waals surface area contributed by atoms with Crippen molar-refractivity contribution in [2.75, 3.05) is 6.54 Å². The van der Waals surface area contributed by atoms with E-state index in [0.29, 0.717) is 30.5 Å². The van der Waals surface area contributed by atoms with Crippen LogP contribution in [0.15, 0.2) is 45.8 Å². The molecule has 3 rings (SSSR count). The fourth-order valence-electron chi connectivity index (χ4n) is 2.52. The fraction of sp³-hybridized carbons (Fsp3) is 0.353. The molecule has 2 N–H and O–H groups in total. The summed E-state index contributed by atoms with van der Waals surface area (Å²) in [5.74, 6) is -0.324. The highest BCUT2D eigenvalue weighted by atomic mass is 19.1. The second-order valence-electron chi connectivity index (χ2n) is 5.82. The number of hydrogen-bond donors (Lipinski definition) is 2. The first-order valence-corrected chi connectivity index (χ1v) is 7.51. The molecule has 0 radical (unpaired) electrons. The Bertz CT molecular complexity index is 724. The molecular formula is C17H18FNO4. The molecule has 2 aromatic rings. The zero-order valence-corrected chi connectivity index (χ0v) is 12.5. The zero-order chi connectivity index (χ0) is 16.4. The number of halogens is 1. The van der Waals surface area contributed by atoms with Crippen molar-refractivity contribution in [2.45, 2.75) is 31.5 Å². The molecule has 5 nitrogen and oxygen atoms in total. The van der Waals surface area contributed by atoms with Crippen molar-refractivity contribution >= 4 is 0 Å². The van der Waals surface area contributed by atoms with Gasteiger partial charge in [-0.25, -0.2) is 4.39 Å². The number of aromatic hydroxyl groups is 1. The molecule has 0 saturated heterocycles. The normalized spacial score (nSPS) is 15.8. The minimum atomic E-state index is -0.750. The molecule has 1 fully saturated rings. The van der Waals surface area contributed by atoms with Gasteiger partial charge < -0.3 is 14.6 Å². The molecule has 0 aliphatic heterocycles. The van der Waals surface area contributed by atoms with Crippen LogP contribution in [0.4, 0.5) is 4.39 Å². The van der Waals surface area contributed by atoms with Crippen molar-refractivity contribution in [3.8, 4) is 5.75 Å². The fourth-order valence-corrected chi connectivity index (χ4v) is 2.52. The number of rotatable bonds is 6. The standard InChI is InChI=1S/C17H18FNO4/c18-12-3-1-11(2-4-12)16(21)9-19(13-5-6-13)8-14-7-15(20)17(22)10-23-14/h1-4,7,10,13,16,21-22H,5-6,8-9H2/t16-/m1/s1. The van der Waals surface area contributed by atoms with Crippen LogP contribution in [0.5, 0.6) is 5.75 Å². The molecular weight excluding hydrogens is 301 g/mol. The summed E-state index contributed by atoms with van der Waals surface area (Å²) < 4.78 is 18.2. The van der Waals surface area contributed by atoms with E-state index in [9.17, 15) is 19.4 Å². The van der Waals surface area contributed by atoms with Gasteiger partial charge >= 0.3 is 0 Å². The van der Waals surface area contributed by atoms with Crippen LogP contribution in [0.25, 0.3) is 0 Å². The molecule has 122 valence electrons. The Morgan fingerprint density at radius 1 is 1.30 bits per heavy atom. The van der Waals surface area contributed by atoms with Gasteiger partial charge in [-0.1, -0.05) is 12.1 Å². The largest absolute Gasteiger partial charge is 0.502 e. The molecule has 0 spiro atoms. The van der Waals surface area contributed by atoms with Crippen molar-refractivity contribution in [1.29, 1.82) is 0 Å². The van der Waals surface area contributed by atoms with E-state index in [-0.39, 0.29) is 5.82 Å². The predicted octanol–water partition coefficient (Wildman–Crippen LogP) is 2.18. The topological polar surface area (TPSA) is 73.9 Å². The molecule has 1 heterocycles. The summed E-state index contributed by atoms with van der Waals surface area (Å²) in [4.78, 5) is 13.5. The first kappa shape index (κ1) is 15.7. The van der Waals surface area contributed by atoms with Crippen LogP contribution in [0.2, 0.25) is 0 Å². The van der Waals surface area contributed by atoms with Crippen LogP contribution >= 0.6 is 0 Å². The lowest BCUT2D eigenvalue weighted by molar-refractivity contribution is 0.0994. The van der Waals surface area contributed by atoms with E-state index in [1.165, 1.54) is 18.2 Å². The van der Waals surface area contributed by atoms with Crippen LogP contribution in [-0.4, -0.2) is 27.7 Å². The van der Waals surface area contributed by atoms with Gasteiger partial charge in [-0.2, -0.15) is 0 Å². The third-order valence-corrected chi connectivity index (χ3v) is 3.95. The lowest BCUT2D eigenvalue weighted by Gasteiger charge is -2.24. The summed E-state index contributed by atoms with van der Waals surface area (Å²) in [7, 11) is 0. The Balaban J connectivity index is 1.70. The molecule has 6 heteroatoms. The van der Waals surface area contributed by atoms with E-state index < -0.39 is 17.3 Å². The number of nitrogens with zero attached hydrogens (tertiary/aromatic N) is 1. The lowest BCUT2D eigenvalue weighted by atomic mass is 10.1. The molecule has 1 aliphatic rings. The number of aliphatic hydroxyl groups is 1. The molecule has 1 saturated carbocycles. The van der Waals surface area contributed by atoms with Gasteiger partial charge in [-0.3, -0.25) is 9.69 Å². The van der Waals surface area contributed by atoms with Crippen LogP contribution in [0.1, 0.15) is 30.3 Å². The molecule has 23 heavy (non-hydrogen) atoms. The Kier molecular flexibility index (Phi) is 4.45. The molecule has 1 aromatic carbocycles. The molecule has 0 unspecified atom stereocenters. The smallest absolute Gasteiger partial charge is 0.226 e. The molecule has 0 bridgehead atoms. The minimum Gasteiger partial charge on any atom is -0.502 e. The summed E-state index contributed by atoms with van der Waals surface area (Å²) in [5.41, 5.74) is 0.158. The highest BCUT2D eigenvalue weighted by molar-refractivity contribution is 5.19. The Morgan fingerprint density at radius 2 is 2.00 bits per heavy atom. The maximum absolute atomic E-state index is 13.0. The van der Waals surface area contributed by atoms with Crippen molar-refractivity contribution < 1.29 is 19.0 Å². The Labute approximate surface area is 132 Å². The van der Waals surface area contributed by atoms with Crippen molar-refractivity contribution in [3.05, 3.63) is 64.0 Å². The quantitative estimate of drug-likeness (QED) is 0.854. The Hall–Kier alpha value is -2.18. The zero-order valence-electron chi connectivity index (χ0n) is 12.5. The summed E-state index contributed by atoms with van der Waals surface area (Å²) >= 11 is 0. The van der Waals surface area contributed by atoms with Crippen molar-refractivity contribution in [1.82, 2.24) is 4.90 Å². The van der Waals surface area contributed by atoms with Gasteiger partial charge in [0.2, 0.25) is 5.43 Å². The third kappa shape index (κ3) is 3.97. The van der Waals surface area contributed by atoms with Gasteiger partial charge in [0.05, 0.1) is 12.6 Å². The van der Waals surface area contributed by atoms with Gasteiger partial charge in [0.15, 0.2) is 5.75 Å². The Morgan fingerprint density at radius 3 is 2.61 bits per heavy atom. The lowest BCUT2D eigenvalue weighted by Crippen LogP contribution is -2.30. The predicted molar refractivity (Wildman–Crippen MR) is 81.4 cm³/mol. The number of benzene rings is 1. The van der Waals surface area contributed by atoms with E-state index in [1.807, 2.05) is 4.90 Å². The average molecular weight is 319 g/mol. The van der Waals surface area contributed by atoms with E-state index in [0.717, 1.165) is 19.1 Å². The first-order chi connectivity index (χ1) is 11.0. The molecule has 1 aromatic heterocycles. The summed E-state index contributed by atoms with van der Waals surface area (Å²) in [6.07, 6.45) is 2.33. The van der Waals surface area contributed by atoms with Gasteiger partial charge in [-0.05, 0) is 30.5 Å². The summed E-state index contributed by atoms with van der Waals surface area (Å²) in [6, 6.07) is 7.36. The third-order valence-electron chi connectivity index (χ3n) is 3.95. The van der Waals surface area contributed by atoms with Crippen LogP contribution in [0, 0.1) is 5.82 Å². The SMILES string of the molecule is O=c1cc(CN(C[C@@H](O)c2ccc(F)cc2)C2CC2)occ1O. The van der Waals surface area contributed by atoms with E-state index in [4.69, 9.17) is 4.42 Å². The van der Waals surface area contributed by atoms with E-state index in [1.54, 1.807) is 12.1 Å². The maximum Gasteiger partial charge on any atom is 0.226 e. The highest BCUT2D eigenvalue weighted by Gasteiger charge is 2.31.